The first-order chi connectivity index (χ1) is 12.8. The highest BCUT2D eigenvalue weighted by atomic mass is 16.2. The highest BCUT2D eigenvalue weighted by molar-refractivity contribution is 5.99. The maximum absolute atomic E-state index is 12.7. The zero-order valence-corrected chi connectivity index (χ0v) is 16.5. The molecule has 0 saturated carbocycles. The lowest BCUT2D eigenvalue weighted by molar-refractivity contribution is -0.116. The summed E-state index contributed by atoms with van der Waals surface area (Å²) >= 11 is 0. The van der Waals surface area contributed by atoms with Crippen LogP contribution in [0.2, 0.25) is 0 Å². The number of anilines is 2. The van der Waals surface area contributed by atoms with Gasteiger partial charge in [0.1, 0.15) is 6.54 Å². The first kappa shape index (κ1) is 19.0. The fourth-order valence-electron chi connectivity index (χ4n) is 3.33. The van der Waals surface area contributed by atoms with Crippen molar-refractivity contribution in [3.63, 3.8) is 0 Å². The van der Waals surface area contributed by atoms with Crippen molar-refractivity contribution in [2.24, 2.45) is 0 Å². The Morgan fingerprint density at radius 2 is 1.78 bits per heavy atom. The predicted molar refractivity (Wildman–Crippen MR) is 109 cm³/mol. The molecule has 0 aliphatic carbocycles. The smallest absolute Gasteiger partial charge is 0.324 e. The number of hydrogen-bond donors (Lipinski definition) is 1. The molecule has 3 rings (SSSR count). The summed E-state index contributed by atoms with van der Waals surface area (Å²) in [4.78, 5) is 28.4. The topological polar surface area (TPSA) is 52.7 Å². The molecule has 5 heteroatoms. The molecule has 0 unspecified atom stereocenters. The summed E-state index contributed by atoms with van der Waals surface area (Å²) in [5, 5.41) is 2.91. The second kappa shape index (κ2) is 7.82. The third kappa shape index (κ3) is 4.30. The summed E-state index contributed by atoms with van der Waals surface area (Å²) in [5.41, 5.74) is 5.08. The van der Waals surface area contributed by atoms with Gasteiger partial charge in [0.15, 0.2) is 0 Å². The molecule has 5 nitrogen and oxygen atoms in total. The number of carbonyl (C=O) groups excluding carboxylic acids is 2. The van der Waals surface area contributed by atoms with Crippen molar-refractivity contribution in [2.75, 3.05) is 29.9 Å². The van der Waals surface area contributed by atoms with Crippen molar-refractivity contribution in [3.05, 3.63) is 59.2 Å². The standard InChI is InChI=1S/C22H27N3O2/c1-15(2)18-6-8-19(9-7-18)25-12-11-24(22(25)27)14-21(26)23-20-10-5-16(3)13-17(20)4/h5-10,13,15H,11-12,14H2,1-4H3,(H,23,26). The predicted octanol–water partition coefficient (Wildman–Crippen LogP) is 4.31. The summed E-state index contributed by atoms with van der Waals surface area (Å²) in [6.07, 6.45) is 0. The number of nitrogens with one attached hydrogen (secondary N) is 1. The number of aryl methyl sites for hydroxylation is 2. The van der Waals surface area contributed by atoms with E-state index in [4.69, 9.17) is 0 Å². The van der Waals surface area contributed by atoms with Gasteiger partial charge in [-0.15, -0.1) is 0 Å². The fraction of sp³-hybridized carbons (Fsp3) is 0.364. The van der Waals surface area contributed by atoms with E-state index in [1.54, 1.807) is 9.80 Å². The second-order valence-corrected chi connectivity index (χ2v) is 7.47. The monoisotopic (exact) mass is 365 g/mol. The Hall–Kier alpha value is -2.82. The van der Waals surface area contributed by atoms with Gasteiger partial charge in [-0.2, -0.15) is 0 Å². The lowest BCUT2D eigenvalue weighted by Gasteiger charge is -2.19. The number of amides is 3. The van der Waals surface area contributed by atoms with E-state index in [0.717, 1.165) is 22.5 Å². The molecular formula is C22H27N3O2. The number of benzene rings is 2. The molecule has 1 heterocycles. The summed E-state index contributed by atoms with van der Waals surface area (Å²) in [6.45, 7) is 9.47. The van der Waals surface area contributed by atoms with Crippen molar-refractivity contribution < 1.29 is 9.59 Å². The minimum atomic E-state index is -0.174. The van der Waals surface area contributed by atoms with E-state index in [1.165, 1.54) is 5.56 Å². The van der Waals surface area contributed by atoms with Crippen LogP contribution in [0.3, 0.4) is 0 Å². The molecule has 3 amide bonds. The van der Waals surface area contributed by atoms with Gasteiger partial charge in [0.2, 0.25) is 5.91 Å². The van der Waals surface area contributed by atoms with Crippen LogP contribution in [-0.2, 0) is 4.79 Å². The summed E-state index contributed by atoms with van der Waals surface area (Å²) in [5.74, 6) is 0.283. The van der Waals surface area contributed by atoms with Crippen LogP contribution in [0.25, 0.3) is 0 Å². The lowest BCUT2D eigenvalue weighted by atomic mass is 10.0. The van der Waals surface area contributed by atoms with Crippen LogP contribution in [0.1, 0.15) is 36.5 Å². The van der Waals surface area contributed by atoms with E-state index < -0.39 is 0 Å². The largest absolute Gasteiger partial charge is 0.325 e. The maximum atomic E-state index is 12.7. The van der Waals surface area contributed by atoms with E-state index >= 15 is 0 Å². The Balaban J connectivity index is 1.62. The number of nitrogens with zero attached hydrogens (tertiary/aromatic N) is 2. The number of urea groups is 1. The summed E-state index contributed by atoms with van der Waals surface area (Å²) in [6, 6.07) is 13.8. The molecule has 0 bridgehead atoms. The first-order valence-electron chi connectivity index (χ1n) is 9.38. The molecule has 0 radical (unpaired) electrons. The molecule has 1 fully saturated rings. The normalized spacial score (nSPS) is 14.2. The van der Waals surface area contributed by atoms with Crippen molar-refractivity contribution in [1.82, 2.24) is 4.90 Å². The molecule has 142 valence electrons. The van der Waals surface area contributed by atoms with Crippen LogP contribution in [-0.4, -0.2) is 36.5 Å². The minimum absolute atomic E-state index is 0.0622. The number of rotatable bonds is 5. The molecule has 1 aliphatic rings. The highest BCUT2D eigenvalue weighted by Gasteiger charge is 2.30. The van der Waals surface area contributed by atoms with Crippen molar-refractivity contribution in [3.8, 4) is 0 Å². The van der Waals surface area contributed by atoms with E-state index in [1.807, 2.05) is 44.2 Å². The molecule has 0 aromatic heterocycles. The molecule has 27 heavy (non-hydrogen) atoms. The van der Waals surface area contributed by atoms with Gasteiger partial charge in [-0.25, -0.2) is 4.79 Å². The Bertz CT molecular complexity index is 843. The average molecular weight is 365 g/mol. The van der Waals surface area contributed by atoms with Gasteiger partial charge in [-0.05, 0) is 49.1 Å². The first-order valence-corrected chi connectivity index (χ1v) is 9.38. The maximum Gasteiger partial charge on any atom is 0.325 e. The molecule has 1 N–H and O–H groups in total. The Morgan fingerprint density at radius 1 is 1.07 bits per heavy atom. The van der Waals surface area contributed by atoms with Crippen LogP contribution in [0.5, 0.6) is 0 Å². The minimum Gasteiger partial charge on any atom is -0.324 e. The van der Waals surface area contributed by atoms with Gasteiger partial charge in [-0.3, -0.25) is 9.69 Å². The van der Waals surface area contributed by atoms with Crippen molar-refractivity contribution in [1.29, 1.82) is 0 Å². The van der Waals surface area contributed by atoms with Gasteiger partial charge >= 0.3 is 6.03 Å². The molecule has 0 spiro atoms. The van der Waals surface area contributed by atoms with Gasteiger partial charge < -0.3 is 10.2 Å². The fourth-order valence-corrected chi connectivity index (χ4v) is 3.33. The second-order valence-electron chi connectivity index (χ2n) is 7.47. The number of hydrogen-bond acceptors (Lipinski definition) is 2. The van der Waals surface area contributed by atoms with Gasteiger partial charge in [0.25, 0.3) is 0 Å². The van der Waals surface area contributed by atoms with E-state index in [2.05, 4.69) is 31.3 Å². The van der Waals surface area contributed by atoms with Gasteiger partial charge in [0, 0.05) is 24.5 Å². The molecule has 1 saturated heterocycles. The van der Waals surface area contributed by atoms with Gasteiger partial charge in [0.05, 0.1) is 0 Å². The van der Waals surface area contributed by atoms with Crippen molar-refractivity contribution >= 4 is 23.3 Å². The van der Waals surface area contributed by atoms with Crippen molar-refractivity contribution in [2.45, 2.75) is 33.6 Å². The average Bonchev–Trinajstić information content (AvgIpc) is 2.98. The van der Waals surface area contributed by atoms with Gasteiger partial charge in [-0.1, -0.05) is 43.7 Å². The Labute approximate surface area is 161 Å². The molecule has 2 aromatic carbocycles. The van der Waals surface area contributed by atoms with E-state index in [9.17, 15) is 9.59 Å². The van der Waals surface area contributed by atoms with Crippen LogP contribution in [0.15, 0.2) is 42.5 Å². The Kier molecular flexibility index (Phi) is 5.49. The van der Waals surface area contributed by atoms with Crippen LogP contribution >= 0.6 is 0 Å². The third-order valence-electron chi connectivity index (χ3n) is 4.96. The molecular weight excluding hydrogens is 338 g/mol. The lowest BCUT2D eigenvalue weighted by Crippen LogP contribution is -2.37. The summed E-state index contributed by atoms with van der Waals surface area (Å²) < 4.78 is 0. The summed E-state index contributed by atoms with van der Waals surface area (Å²) in [7, 11) is 0. The van der Waals surface area contributed by atoms with E-state index in [0.29, 0.717) is 19.0 Å². The SMILES string of the molecule is Cc1ccc(NC(=O)CN2CCN(c3ccc(C(C)C)cc3)C2=O)c(C)c1. The Morgan fingerprint density at radius 3 is 2.41 bits per heavy atom. The molecule has 2 aromatic rings. The zero-order chi connectivity index (χ0) is 19.6. The number of carbonyl (C=O) groups is 2. The molecule has 1 aliphatic heterocycles. The highest BCUT2D eigenvalue weighted by Crippen LogP contribution is 2.23. The van der Waals surface area contributed by atoms with Crippen LogP contribution in [0, 0.1) is 13.8 Å². The quantitative estimate of drug-likeness (QED) is 0.858. The van der Waals surface area contributed by atoms with Crippen LogP contribution < -0.4 is 10.2 Å². The zero-order valence-electron chi connectivity index (χ0n) is 16.5. The van der Waals surface area contributed by atoms with Crippen LogP contribution in [0.4, 0.5) is 16.2 Å². The third-order valence-corrected chi connectivity index (χ3v) is 4.96. The molecule has 0 atom stereocenters. The van der Waals surface area contributed by atoms with E-state index in [-0.39, 0.29) is 18.5 Å².